The first-order valence-electron chi connectivity index (χ1n) is 5.16. The second-order valence-electron chi connectivity index (χ2n) is 3.78. The van der Waals surface area contributed by atoms with Crippen molar-refractivity contribution in [1.29, 1.82) is 0 Å². The van der Waals surface area contributed by atoms with Gasteiger partial charge in [0.25, 0.3) is 0 Å². The van der Waals surface area contributed by atoms with E-state index in [4.69, 9.17) is 4.74 Å². The Kier molecular flexibility index (Phi) is 4.13. The van der Waals surface area contributed by atoms with Crippen LogP contribution < -0.4 is 0 Å². The molecule has 2 nitrogen and oxygen atoms in total. The van der Waals surface area contributed by atoms with Gasteiger partial charge in [-0.15, -0.1) is 0 Å². The van der Waals surface area contributed by atoms with Gasteiger partial charge in [-0.05, 0) is 13.0 Å². The first-order valence-corrected chi connectivity index (χ1v) is 5.16. The summed E-state index contributed by atoms with van der Waals surface area (Å²) in [5, 5.41) is 0. The van der Waals surface area contributed by atoms with Gasteiger partial charge in [-0.1, -0.05) is 13.3 Å². The van der Waals surface area contributed by atoms with Crippen LogP contribution in [0.25, 0.3) is 0 Å². The molecule has 0 aromatic carbocycles. The zero-order valence-electron chi connectivity index (χ0n) is 8.68. The maximum Gasteiger partial charge on any atom is 0.211 e. The Morgan fingerprint density at radius 1 is 1.38 bits per heavy atom. The first kappa shape index (κ1) is 10.9. The van der Waals surface area contributed by atoms with Crippen molar-refractivity contribution in [3.63, 3.8) is 0 Å². The van der Waals surface area contributed by atoms with Gasteiger partial charge in [0.2, 0.25) is 5.85 Å². The number of piperidine rings is 1. The number of ether oxygens (including phenoxy) is 1. The van der Waals surface area contributed by atoms with E-state index in [1.807, 2.05) is 0 Å². The van der Waals surface area contributed by atoms with Crippen molar-refractivity contribution >= 4 is 0 Å². The lowest BCUT2D eigenvalue weighted by molar-refractivity contribution is -0.153. The van der Waals surface area contributed by atoms with Crippen molar-refractivity contribution < 1.29 is 9.13 Å². The smallest absolute Gasteiger partial charge is 0.211 e. The Morgan fingerprint density at radius 3 is 2.46 bits per heavy atom. The van der Waals surface area contributed by atoms with Gasteiger partial charge >= 0.3 is 0 Å². The maximum absolute atomic E-state index is 13.5. The minimum atomic E-state index is -1.34. The van der Waals surface area contributed by atoms with Gasteiger partial charge in [-0.3, -0.25) is 0 Å². The van der Waals surface area contributed by atoms with Crippen LogP contribution in [0.2, 0.25) is 0 Å². The molecule has 0 aromatic heterocycles. The lowest BCUT2D eigenvalue weighted by atomic mass is 10.1. The summed E-state index contributed by atoms with van der Waals surface area (Å²) in [6, 6.07) is 0. The van der Waals surface area contributed by atoms with Crippen LogP contribution in [-0.4, -0.2) is 37.5 Å². The fourth-order valence-electron chi connectivity index (χ4n) is 1.70. The van der Waals surface area contributed by atoms with Crippen molar-refractivity contribution in [2.45, 2.75) is 38.5 Å². The van der Waals surface area contributed by atoms with Crippen LogP contribution in [0.1, 0.15) is 32.6 Å². The highest BCUT2D eigenvalue weighted by molar-refractivity contribution is 4.78. The lowest BCUT2D eigenvalue weighted by Gasteiger charge is -2.35. The van der Waals surface area contributed by atoms with E-state index in [1.54, 1.807) is 0 Å². The van der Waals surface area contributed by atoms with Crippen LogP contribution in [0, 0.1) is 0 Å². The zero-order valence-corrected chi connectivity index (χ0v) is 8.68. The Bertz CT molecular complexity index is 144. The summed E-state index contributed by atoms with van der Waals surface area (Å²) in [6.07, 6.45) is 3.47. The molecule has 13 heavy (non-hydrogen) atoms. The fourth-order valence-corrected chi connectivity index (χ4v) is 1.70. The van der Waals surface area contributed by atoms with Crippen molar-refractivity contribution in [3.8, 4) is 0 Å². The van der Waals surface area contributed by atoms with E-state index in [0.29, 0.717) is 12.8 Å². The predicted octanol–water partition coefficient (Wildman–Crippen LogP) is 2.19. The standard InChI is InChI=1S/C10H20FNO/c1-3-4-7-12-8-5-10(11,13-2)6-9-12/h3-9H2,1-2H3. The van der Waals surface area contributed by atoms with E-state index in [1.165, 1.54) is 20.0 Å². The summed E-state index contributed by atoms with van der Waals surface area (Å²) < 4.78 is 18.4. The van der Waals surface area contributed by atoms with E-state index in [-0.39, 0.29) is 0 Å². The van der Waals surface area contributed by atoms with Crippen molar-refractivity contribution in [3.05, 3.63) is 0 Å². The lowest BCUT2D eigenvalue weighted by Crippen LogP contribution is -2.43. The summed E-state index contributed by atoms with van der Waals surface area (Å²) in [7, 11) is 1.46. The highest BCUT2D eigenvalue weighted by Gasteiger charge is 2.33. The van der Waals surface area contributed by atoms with Gasteiger partial charge < -0.3 is 9.64 Å². The fraction of sp³-hybridized carbons (Fsp3) is 1.00. The molecule has 1 fully saturated rings. The molecule has 1 rings (SSSR count). The van der Waals surface area contributed by atoms with Gasteiger partial charge in [0.1, 0.15) is 0 Å². The molecule has 1 aliphatic rings. The van der Waals surface area contributed by atoms with Gasteiger partial charge in [0.05, 0.1) is 0 Å². The number of rotatable bonds is 4. The van der Waals surface area contributed by atoms with E-state index >= 15 is 0 Å². The number of nitrogens with zero attached hydrogens (tertiary/aromatic N) is 1. The molecule has 0 radical (unpaired) electrons. The summed E-state index contributed by atoms with van der Waals surface area (Å²) in [4.78, 5) is 2.32. The molecule has 78 valence electrons. The van der Waals surface area contributed by atoms with Crippen molar-refractivity contribution in [2.75, 3.05) is 26.7 Å². The molecule has 1 heterocycles. The van der Waals surface area contributed by atoms with Crippen molar-refractivity contribution in [1.82, 2.24) is 4.90 Å². The monoisotopic (exact) mass is 189 g/mol. The average molecular weight is 189 g/mol. The molecule has 0 unspecified atom stereocenters. The molecule has 3 heteroatoms. The summed E-state index contributed by atoms with van der Waals surface area (Å²) in [5.74, 6) is -1.34. The molecular formula is C10H20FNO. The Hall–Kier alpha value is -0.150. The van der Waals surface area contributed by atoms with Gasteiger partial charge in [0, 0.05) is 33.0 Å². The molecule has 0 aliphatic carbocycles. The highest BCUT2D eigenvalue weighted by atomic mass is 19.2. The summed E-state index contributed by atoms with van der Waals surface area (Å²) in [6.45, 7) is 4.96. The van der Waals surface area contributed by atoms with Crippen LogP contribution in [0.4, 0.5) is 4.39 Å². The largest absolute Gasteiger partial charge is 0.349 e. The average Bonchev–Trinajstić information content (AvgIpc) is 2.17. The molecule has 0 bridgehead atoms. The number of hydrogen-bond donors (Lipinski definition) is 0. The Labute approximate surface area is 80.1 Å². The SMILES string of the molecule is CCCCN1CCC(F)(OC)CC1. The van der Waals surface area contributed by atoms with Crippen LogP contribution >= 0.6 is 0 Å². The van der Waals surface area contributed by atoms with E-state index in [0.717, 1.165) is 19.6 Å². The van der Waals surface area contributed by atoms with Crippen LogP contribution in [0.3, 0.4) is 0 Å². The molecule has 1 saturated heterocycles. The quantitative estimate of drug-likeness (QED) is 0.672. The Morgan fingerprint density at radius 2 is 2.00 bits per heavy atom. The molecule has 1 aliphatic heterocycles. The van der Waals surface area contributed by atoms with Gasteiger partial charge in [0.15, 0.2) is 0 Å². The number of unbranched alkanes of at least 4 members (excludes halogenated alkanes) is 1. The van der Waals surface area contributed by atoms with Crippen LogP contribution in [0.15, 0.2) is 0 Å². The number of methoxy groups -OCH3 is 1. The molecule has 0 atom stereocenters. The summed E-state index contributed by atoms with van der Waals surface area (Å²) >= 11 is 0. The first-order chi connectivity index (χ1) is 6.20. The topological polar surface area (TPSA) is 12.5 Å². The molecule has 0 saturated carbocycles. The molecule has 0 N–H and O–H groups in total. The maximum atomic E-state index is 13.5. The van der Waals surface area contributed by atoms with Gasteiger partial charge in [-0.2, -0.15) is 0 Å². The normalized spacial score (nSPS) is 23.3. The van der Waals surface area contributed by atoms with Crippen molar-refractivity contribution in [2.24, 2.45) is 0 Å². The molecular weight excluding hydrogens is 169 g/mol. The summed E-state index contributed by atoms with van der Waals surface area (Å²) in [5.41, 5.74) is 0. The minimum Gasteiger partial charge on any atom is -0.349 e. The zero-order chi connectivity index (χ0) is 9.73. The second-order valence-corrected chi connectivity index (χ2v) is 3.78. The number of alkyl halides is 1. The van der Waals surface area contributed by atoms with Crippen LogP contribution in [-0.2, 0) is 4.74 Å². The third-order valence-electron chi connectivity index (χ3n) is 2.80. The minimum absolute atomic E-state index is 0.521. The van der Waals surface area contributed by atoms with E-state index in [9.17, 15) is 4.39 Å². The molecule has 0 spiro atoms. The third-order valence-corrected chi connectivity index (χ3v) is 2.80. The molecule has 0 amide bonds. The number of hydrogen-bond acceptors (Lipinski definition) is 2. The second kappa shape index (κ2) is 4.91. The third kappa shape index (κ3) is 3.24. The predicted molar refractivity (Wildman–Crippen MR) is 51.4 cm³/mol. The van der Waals surface area contributed by atoms with E-state index < -0.39 is 5.85 Å². The van der Waals surface area contributed by atoms with E-state index in [2.05, 4.69) is 11.8 Å². The van der Waals surface area contributed by atoms with Gasteiger partial charge in [-0.25, -0.2) is 4.39 Å². The van der Waals surface area contributed by atoms with Crippen LogP contribution in [0.5, 0.6) is 0 Å². The highest BCUT2D eigenvalue weighted by Crippen LogP contribution is 2.26. The number of likely N-dealkylation sites (tertiary alicyclic amines) is 1. The molecule has 0 aromatic rings. The number of halogens is 1. The Balaban J connectivity index is 2.22.